The third-order valence-corrected chi connectivity index (χ3v) is 3.67. The van der Waals surface area contributed by atoms with E-state index in [9.17, 15) is 14.7 Å². The monoisotopic (exact) mass is 245 g/mol. The van der Waals surface area contributed by atoms with Crippen LogP contribution in [-0.2, 0) is 11.2 Å². The van der Waals surface area contributed by atoms with Crippen LogP contribution in [0.4, 0.5) is 0 Å². The Labute approximate surface area is 105 Å². The lowest BCUT2D eigenvalue weighted by atomic mass is 9.98. The van der Waals surface area contributed by atoms with E-state index in [4.69, 9.17) is 0 Å². The molecule has 0 radical (unpaired) electrons. The smallest absolute Gasteiger partial charge is 0.260 e. The summed E-state index contributed by atoms with van der Waals surface area (Å²) in [4.78, 5) is 25.3. The number of amides is 2. The van der Waals surface area contributed by atoms with E-state index in [0.29, 0.717) is 5.56 Å². The summed E-state index contributed by atoms with van der Waals surface area (Å²) in [5.41, 5.74) is 1.37. The molecule has 1 aromatic carbocycles. The molecule has 18 heavy (non-hydrogen) atoms. The lowest BCUT2D eigenvalue weighted by Crippen LogP contribution is -2.46. The van der Waals surface area contributed by atoms with E-state index < -0.39 is 6.10 Å². The number of β-amino-alcohol motifs (C(OH)–C–C–N with tert-alkyl or cyclic N) is 1. The zero-order valence-electron chi connectivity index (χ0n) is 10.0. The Bertz CT molecular complexity index is 508. The van der Waals surface area contributed by atoms with Crippen molar-refractivity contribution in [2.24, 2.45) is 5.92 Å². The van der Waals surface area contributed by atoms with Crippen LogP contribution < -0.4 is 0 Å². The normalized spacial score (nSPS) is 20.8. The predicted octanol–water partition coefficient (Wildman–Crippen LogP) is 0.982. The molecule has 2 amide bonds. The number of aliphatic hydroxyl groups is 1. The van der Waals surface area contributed by atoms with Crippen molar-refractivity contribution in [3.8, 4) is 0 Å². The maximum Gasteiger partial charge on any atom is 0.260 e. The topological polar surface area (TPSA) is 57.6 Å². The summed E-state index contributed by atoms with van der Waals surface area (Å²) < 4.78 is 0. The number of hydrogen-bond donors (Lipinski definition) is 1. The van der Waals surface area contributed by atoms with E-state index >= 15 is 0 Å². The fourth-order valence-corrected chi connectivity index (χ4v) is 2.40. The SMILES string of the molecule is O=C1Cc2ccccc2C(=O)N1CC(O)C1CC1. The van der Waals surface area contributed by atoms with Crippen LogP contribution >= 0.6 is 0 Å². The zero-order chi connectivity index (χ0) is 12.7. The minimum atomic E-state index is -0.567. The summed E-state index contributed by atoms with van der Waals surface area (Å²) in [5.74, 6) is -0.220. The number of aliphatic hydroxyl groups excluding tert-OH is 1. The van der Waals surface area contributed by atoms with Crippen LogP contribution in [-0.4, -0.2) is 34.5 Å². The average molecular weight is 245 g/mol. The molecule has 1 aliphatic carbocycles. The Hall–Kier alpha value is -1.68. The summed E-state index contributed by atoms with van der Waals surface area (Å²) in [6.07, 6.45) is 1.67. The molecular weight excluding hydrogens is 230 g/mol. The van der Waals surface area contributed by atoms with E-state index in [1.807, 2.05) is 6.07 Å². The van der Waals surface area contributed by atoms with Gasteiger partial charge < -0.3 is 5.11 Å². The van der Waals surface area contributed by atoms with Crippen molar-refractivity contribution in [3.05, 3.63) is 35.4 Å². The Kier molecular flexibility index (Phi) is 2.67. The summed E-state index contributed by atoms with van der Waals surface area (Å²) in [7, 11) is 0. The van der Waals surface area contributed by atoms with Gasteiger partial charge in [-0.15, -0.1) is 0 Å². The van der Waals surface area contributed by atoms with Crippen LogP contribution in [0.2, 0.25) is 0 Å². The van der Waals surface area contributed by atoms with Gasteiger partial charge in [-0.3, -0.25) is 14.5 Å². The highest BCUT2D eigenvalue weighted by Gasteiger charge is 2.36. The highest BCUT2D eigenvalue weighted by Crippen LogP contribution is 2.33. The van der Waals surface area contributed by atoms with E-state index in [-0.39, 0.29) is 30.7 Å². The number of nitrogens with zero attached hydrogens (tertiary/aromatic N) is 1. The van der Waals surface area contributed by atoms with Crippen LogP contribution in [0.1, 0.15) is 28.8 Å². The lowest BCUT2D eigenvalue weighted by molar-refractivity contribution is -0.129. The van der Waals surface area contributed by atoms with Crippen LogP contribution in [0, 0.1) is 5.92 Å². The first-order valence-electron chi connectivity index (χ1n) is 6.27. The van der Waals surface area contributed by atoms with Crippen molar-refractivity contribution in [2.45, 2.75) is 25.4 Å². The van der Waals surface area contributed by atoms with Crippen molar-refractivity contribution in [3.63, 3.8) is 0 Å². The van der Waals surface area contributed by atoms with Gasteiger partial charge in [0.25, 0.3) is 5.91 Å². The third kappa shape index (κ3) is 1.93. The summed E-state index contributed by atoms with van der Waals surface area (Å²) in [6, 6.07) is 7.16. The molecule has 4 heteroatoms. The van der Waals surface area contributed by atoms with E-state index in [0.717, 1.165) is 18.4 Å². The van der Waals surface area contributed by atoms with Crippen molar-refractivity contribution >= 4 is 11.8 Å². The lowest BCUT2D eigenvalue weighted by Gasteiger charge is -2.28. The van der Waals surface area contributed by atoms with Gasteiger partial charge in [0.15, 0.2) is 0 Å². The van der Waals surface area contributed by atoms with Gasteiger partial charge in [0.05, 0.1) is 19.1 Å². The largest absolute Gasteiger partial charge is 0.391 e. The summed E-state index contributed by atoms with van der Waals surface area (Å²) >= 11 is 0. The number of rotatable bonds is 3. The second-order valence-corrected chi connectivity index (χ2v) is 5.05. The summed E-state index contributed by atoms with van der Waals surface area (Å²) in [6.45, 7) is 0.136. The maximum absolute atomic E-state index is 12.2. The van der Waals surface area contributed by atoms with Gasteiger partial charge in [0.1, 0.15) is 0 Å². The van der Waals surface area contributed by atoms with Gasteiger partial charge in [-0.2, -0.15) is 0 Å². The number of carbonyl (C=O) groups is 2. The highest BCUT2D eigenvalue weighted by molar-refractivity contribution is 6.09. The van der Waals surface area contributed by atoms with Crippen LogP contribution in [0.5, 0.6) is 0 Å². The Balaban J connectivity index is 1.83. The molecule has 1 saturated carbocycles. The minimum absolute atomic E-state index is 0.136. The molecule has 1 atom stereocenters. The fraction of sp³-hybridized carbons (Fsp3) is 0.429. The van der Waals surface area contributed by atoms with Crippen molar-refractivity contribution in [1.82, 2.24) is 4.90 Å². The Morgan fingerprint density at radius 1 is 1.28 bits per heavy atom. The zero-order valence-corrected chi connectivity index (χ0v) is 10.0. The molecule has 1 fully saturated rings. The first-order chi connectivity index (χ1) is 8.66. The van der Waals surface area contributed by atoms with Gasteiger partial charge in [0.2, 0.25) is 5.91 Å². The second-order valence-electron chi connectivity index (χ2n) is 5.05. The number of benzene rings is 1. The van der Waals surface area contributed by atoms with Gasteiger partial charge in [-0.25, -0.2) is 0 Å². The predicted molar refractivity (Wildman–Crippen MR) is 64.9 cm³/mol. The van der Waals surface area contributed by atoms with Crippen LogP contribution in [0.3, 0.4) is 0 Å². The first kappa shape index (κ1) is 11.4. The van der Waals surface area contributed by atoms with Crippen LogP contribution in [0.25, 0.3) is 0 Å². The van der Waals surface area contributed by atoms with Gasteiger partial charge in [-0.05, 0) is 30.4 Å². The highest BCUT2D eigenvalue weighted by atomic mass is 16.3. The molecular formula is C14H15NO3. The number of fused-ring (bicyclic) bond motifs is 1. The number of imide groups is 1. The van der Waals surface area contributed by atoms with E-state index in [2.05, 4.69) is 0 Å². The molecule has 1 unspecified atom stereocenters. The molecule has 0 bridgehead atoms. The van der Waals surface area contributed by atoms with Crippen LogP contribution in [0.15, 0.2) is 24.3 Å². The van der Waals surface area contributed by atoms with E-state index in [1.54, 1.807) is 18.2 Å². The molecule has 0 spiro atoms. The first-order valence-corrected chi connectivity index (χ1v) is 6.27. The van der Waals surface area contributed by atoms with Crippen molar-refractivity contribution < 1.29 is 14.7 Å². The van der Waals surface area contributed by atoms with Crippen molar-refractivity contribution in [2.75, 3.05) is 6.54 Å². The standard InChI is InChI=1S/C14H15NO3/c16-12(9-5-6-9)8-15-13(17)7-10-3-1-2-4-11(10)14(15)18/h1-4,9,12,16H,5-8H2. The summed E-state index contributed by atoms with van der Waals surface area (Å²) in [5, 5.41) is 9.88. The molecule has 94 valence electrons. The van der Waals surface area contributed by atoms with Crippen molar-refractivity contribution in [1.29, 1.82) is 0 Å². The molecule has 2 aliphatic rings. The third-order valence-electron chi connectivity index (χ3n) is 3.67. The molecule has 4 nitrogen and oxygen atoms in total. The molecule has 1 N–H and O–H groups in total. The Morgan fingerprint density at radius 3 is 2.72 bits per heavy atom. The van der Waals surface area contributed by atoms with E-state index in [1.165, 1.54) is 4.90 Å². The maximum atomic E-state index is 12.2. The number of hydrogen-bond acceptors (Lipinski definition) is 3. The molecule has 0 saturated heterocycles. The Morgan fingerprint density at radius 2 is 2.00 bits per heavy atom. The second kappa shape index (κ2) is 4.21. The fourth-order valence-electron chi connectivity index (χ4n) is 2.40. The van der Waals surface area contributed by atoms with Gasteiger partial charge in [-0.1, -0.05) is 18.2 Å². The average Bonchev–Trinajstić information content (AvgIpc) is 3.18. The molecule has 1 aromatic rings. The molecule has 1 aliphatic heterocycles. The van der Waals surface area contributed by atoms with Gasteiger partial charge in [0, 0.05) is 5.56 Å². The minimum Gasteiger partial charge on any atom is -0.391 e. The molecule has 3 rings (SSSR count). The quantitative estimate of drug-likeness (QED) is 0.808. The van der Waals surface area contributed by atoms with Gasteiger partial charge >= 0.3 is 0 Å². The number of carbonyl (C=O) groups excluding carboxylic acids is 2. The molecule has 0 aromatic heterocycles. The molecule has 1 heterocycles.